The summed E-state index contributed by atoms with van der Waals surface area (Å²) in [6, 6.07) is 10.4. The molecule has 5 heteroatoms. The van der Waals surface area contributed by atoms with E-state index >= 15 is 0 Å². The van der Waals surface area contributed by atoms with Gasteiger partial charge in [0.2, 0.25) is 0 Å². The first-order chi connectivity index (χ1) is 10.0. The fraction of sp³-hybridized carbons (Fsp3) is 0.188. The Bertz CT molecular complexity index is 667. The third-order valence-electron chi connectivity index (χ3n) is 3.23. The van der Waals surface area contributed by atoms with Crippen LogP contribution < -0.4 is 10.1 Å². The first kappa shape index (κ1) is 14.7. The molecular formula is C16H17NO4. The van der Waals surface area contributed by atoms with E-state index in [-0.39, 0.29) is 17.9 Å². The zero-order chi connectivity index (χ0) is 15.4. The highest BCUT2D eigenvalue weighted by molar-refractivity contribution is 5.97. The van der Waals surface area contributed by atoms with E-state index in [1.165, 1.54) is 6.07 Å². The van der Waals surface area contributed by atoms with Gasteiger partial charge in [0.05, 0.1) is 12.7 Å². The molecule has 0 saturated carbocycles. The fourth-order valence-electron chi connectivity index (χ4n) is 1.98. The number of phenols is 2. The Balaban J connectivity index is 2.14. The standard InChI is InChI=1S/C16H17NO4/c1-10-7-8-12(15(19)14(10)18)16(20)17-9-11-5-3-4-6-13(11)21-2/h3-8,18-19H,9H2,1-2H3,(H,17,20). The molecule has 0 unspecified atom stereocenters. The number of benzene rings is 2. The maximum atomic E-state index is 12.1. The Morgan fingerprint density at radius 3 is 2.57 bits per heavy atom. The van der Waals surface area contributed by atoms with Gasteiger partial charge in [-0.1, -0.05) is 24.3 Å². The van der Waals surface area contributed by atoms with Crippen molar-refractivity contribution < 1.29 is 19.7 Å². The van der Waals surface area contributed by atoms with Gasteiger partial charge in [-0.3, -0.25) is 4.79 Å². The van der Waals surface area contributed by atoms with Gasteiger partial charge in [-0.15, -0.1) is 0 Å². The van der Waals surface area contributed by atoms with Crippen LogP contribution in [0.3, 0.4) is 0 Å². The normalized spacial score (nSPS) is 10.2. The van der Waals surface area contributed by atoms with Crippen LogP contribution in [0.5, 0.6) is 17.2 Å². The number of hydrogen-bond donors (Lipinski definition) is 3. The summed E-state index contributed by atoms with van der Waals surface area (Å²) < 4.78 is 5.20. The van der Waals surface area contributed by atoms with Crippen LogP contribution in [-0.2, 0) is 6.54 Å². The number of aromatic hydroxyl groups is 2. The predicted molar refractivity (Wildman–Crippen MR) is 78.7 cm³/mol. The highest BCUT2D eigenvalue weighted by Crippen LogP contribution is 2.32. The minimum atomic E-state index is -0.464. The number of rotatable bonds is 4. The molecule has 0 aromatic heterocycles. The highest BCUT2D eigenvalue weighted by atomic mass is 16.5. The molecule has 2 aromatic carbocycles. The second-order valence-electron chi connectivity index (χ2n) is 4.62. The number of methoxy groups -OCH3 is 1. The Hall–Kier alpha value is -2.69. The van der Waals surface area contributed by atoms with Crippen LogP contribution in [0.1, 0.15) is 21.5 Å². The minimum Gasteiger partial charge on any atom is -0.504 e. The molecule has 0 saturated heterocycles. The molecule has 1 amide bonds. The molecule has 0 aliphatic carbocycles. The first-order valence-electron chi connectivity index (χ1n) is 6.46. The van der Waals surface area contributed by atoms with Gasteiger partial charge in [0.1, 0.15) is 5.75 Å². The van der Waals surface area contributed by atoms with Crippen LogP contribution in [-0.4, -0.2) is 23.2 Å². The number of carbonyl (C=O) groups excluding carboxylic acids is 1. The number of amides is 1. The molecule has 0 spiro atoms. The monoisotopic (exact) mass is 287 g/mol. The second kappa shape index (κ2) is 6.17. The topological polar surface area (TPSA) is 78.8 Å². The van der Waals surface area contributed by atoms with Gasteiger partial charge in [0, 0.05) is 12.1 Å². The van der Waals surface area contributed by atoms with Crippen molar-refractivity contribution in [1.82, 2.24) is 5.32 Å². The lowest BCUT2D eigenvalue weighted by Gasteiger charge is -2.11. The van der Waals surface area contributed by atoms with Gasteiger partial charge < -0.3 is 20.3 Å². The average Bonchev–Trinajstić information content (AvgIpc) is 2.50. The summed E-state index contributed by atoms with van der Waals surface area (Å²) >= 11 is 0. The summed E-state index contributed by atoms with van der Waals surface area (Å²) in [5, 5.41) is 22.2. The molecule has 0 radical (unpaired) electrons. The molecule has 21 heavy (non-hydrogen) atoms. The zero-order valence-electron chi connectivity index (χ0n) is 11.9. The molecule has 0 aliphatic heterocycles. The molecule has 0 bridgehead atoms. The maximum absolute atomic E-state index is 12.1. The van der Waals surface area contributed by atoms with Gasteiger partial charge in [0.15, 0.2) is 11.5 Å². The van der Waals surface area contributed by atoms with Crippen molar-refractivity contribution in [3.05, 3.63) is 53.1 Å². The summed E-state index contributed by atoms with van der Waals surface area (Å²) in [4.78, 5) is 12.1. The number of phenolic OH excluding ortho intramolecular Hbond substituents is 2. The Kier molecular flexibility index (Phi) is 4.33. The van der Waals surface area contributed by atoms with Crippen LogP contribution in [0.2, 0.25) is 0 Å². The van der Waals surface area contributed by atoms with Crippen molar-refractivity contribution in [1.29, 1.82) is 0 Å². The number of para-hydroxylation sites is 1. The third-order valence-corrected chi connectivity index (χ3v) is 3.23. The average molecular weight is 287 g/mol. The van der Waals surface area contributed by atoms with Gasteiger partial charge in [-0.05, 0) is 24.6 Å². The molecule has 2 rings (SSSR count). The van der Waals surface area contributed by atoms with Crippen molar-refractivity contribution in [2.75, 3.05) is 7.11 Å². The third kappa shape index (κ3) is 3.08. The van der Waals surface area contributed by atoms with E-state index < -0.39 is 11.7 Å². The van der Waals surface area contributed by atoms with Crippen molar-refractivity contribution in [3.63, 3.8) is 0 Å². The van der Waals surface area contributed by atoms with Crippen LogP contribution in [0.4, 0.5) is 0 Å². The summed E-state index contributed by atoms with van der Waals surface area (Å²) in [5.74, 6) is -0.477. The Morgan fingerprint density at radius 2 is 1.86 bits per heavy atom. The number of hydrogen-bond acceptors (Lipinski definition) is 4. The van der Waals surface area contributed by atoms with E-state index in [2.05, 4.69) is 5.32 Å². The molecule has 110 valence electrons. The van der Waals surface area contributed by atoms with E-state index in [1.807, 2.05) is 18.2 Å². The summed E-state index contributed by atoms with van der Waals surface area (Å²) in [6.07, 6.45) is 0. The lowest BCUT2D eigenvalue weighted by molar-refractivity contribution is 0.0947. The molecular weight excluding hydrogens is 270 g/mol. The van der Waals surface area contributed by atoms with Crippen LogP contribution >= 0.6 is 0 Å². The lowest BCUT2D eigenvalue weighted by atomic mass is 10.1. The predicted octanol–water partition coefficient (Wildman–Crippen LogP) is 2.34. The summed E-state index contributed by atoms with van der Waals surface area (Å²) in [7, 11) is 1.56. The quantitative estimate of drug-likeness (QED) is 0.754. The Labute approximate surface area is 122 Å². The number of ether oxygens (including phenoxy) is 1. The van der Waals surface area contributed by atoms with E-state index in [0.29, 0.717) is 11.3 Å². The molecule has 3 N–H and O–H groups in total. The number of nitrogens with one attached hydrogen (secondary N) is 1. The van der Waals surface area contributed by atoms with Crippen molar-refractivity contribution in [2.45, 2.75) is 13.5 Å². The minimum absolute atomic E-state index is 0.0352. The van der Waals surface area contributed by atoms with Crippen LogP contribution in [0.15, 0.2) is 36.4 Å². The molecule has 2 aromatic rings. The van der Waals surface area contributed by atoms with E-state index in [0.717, 1.165) is 5.56 Å². The van der Waals surface area contributed by atoms with E-state index in [4.69, 9.17) is 4.74 Å². The van der Waals surface area contributed by atoms with Crippen molar-refractivity contribution in [2.24, 2.45) is 0 Å². The van der Waals surface area contributed by atoms with Crippen molar-refractivity contribution >= 4 is 5.91 Å². The van der Waals surface area contributed by atoms with Crippen molar-refractivity contribution in [3.8, 4) is 17.2 Å². The molecule has 0 fully saturated rings. The van der Waals surface area contributed by atoms with E-state index in [1.54, 1.807) is 26.2 Å². The summed E-state index contributed by atoms with van der Waals surface area (Å²) in [5.41, 5.74) is 1.37. The maximum Gasteiger partial charge on any atom is 0.255 e. The SMILES string of the molecule is COc1ccccc1CNC(=O)c1ccc(C)c(O)c1O. The first-order valence-corrected chi connectivity index (χ1v) is 6.46. The van der Waals surface area contributed by atoms with Crippen LogP contribution in [0.25, 0.3) is 0 Å². The lowest BCUT2D eigenvalue weighted by Crippen LogP contribution is -2.23. The molecule has 0 heterocycles. The fourth-order valence-corrected chi connectivity index (χ4v) is 1.98. The van der Waals surface area contributed by atoms with Gasteiger partial charge in [0.25, 0.3) is 5.91 Å². The van der Waals surface area contributed by atoms with Crippen LogP contribution in [0, 0.1) is 6.92 Å². The van der Waals surface area contributed by atoms with Gasteiger partial charge in [-0.2, -0.15) is 0 Å². The van der Waals surface area contributed by atoms with Gasteiger partial charge >= 0.3 is 0 Å². The molecule has 0 aliphatic rings. The number of aryl methyl sites for hydroxylation is 1. The number of carbonyl (C=O) groups is 1. The smallest absolute Gasteiger partial charge is 0.255 e. The summed E-state index contributed by atoms with van der Waals surface area (Å²) in [6.45, 7) is 1.91. The second-order valence-corrected chi connectivity index (χ2v) is 4.62. The largest absolute Gasteiger partial charge is 0.504 e. The highest BCUT2D eigenvalue weighted by Gasteiger charge is 2.16. The Morgan fingerprint density at radius 1 is 1.14 bits per heavy atom. The zero-order valence-corrected chi connectivity index (χ0v) is 11.9. The van der Waals surface area contributed by atoms with E-state index in [9.17, 15) is 15.0 Å². The van der Waals surface area contributed by atoms with Gasteiger partial charge in [-0.25, -0.2) is 0 Å². The molecule has 5 nitrogen and oxygen atoms in total. The molecule has 0 atom stereocenters.